The van der Waals surface area contributed by atoms with Crippen LogP contribution in [-0.2, 0) is 0 Å². The van der Waals surface area contributed by atoms with Crippen LogP contribution >= 0.6 is 0 Å². The monoisotopic (exact) mass is 385 g/mol. The summed E-state index contributed by atoms with van der Waals surface area (Å²) >= 11 is 0. The second-order valence-electron chi connectivity index (χ2n) is 7.61. The van der Waals surface area contributed by atoms with Crippen molar-refractivity contribution in [1.29, 1.82) is 0 Å². The molecule has 7 nitrogen and oxygen atoms in total. The Balaban J connectivity index is 1.47. The van der Waals surface area contributed by atoms with Crippen molar-refractivity contribution >= 4 is 16.7 Å². The Bertz CT molecular complexity index is 1120. The van der Waals surface area contributed by atoms with Crippen LogP contribution in [0.4, 0.5) is 5.82 Å². The number of pyridine rings is 3. The number of anilines is 1. The zero-order valence-electron chi connectivity index (χ0n) is 16.0. The van der Waals surface area contributed by atoms with Crippen molar-refractivity contribution in [3.63, 3.8) is 0 Å². The van der Waals surface area contributed by atoms with Crippen molar-refractivity contribution in [2.75, 3.05) is 5.32 Å². The molecule has 29 heavy (non-hydrogen) atoms. The standard InChI is InChI=1S/C22H23N7/c23-15-5-1-6-16(10-15)26-21-8-2-7-18(27-21)22-17-11-19(14-4-3-9-24-12-14)25-13-20(17)28-29-22/h2-4,7-9,11-13,15-16H,1,5-6,10,23H2,(H,26,27)(H,28,29)/t15-,16-/m1/s1. The van der Waals surface area contributed by atoms with E-state index < -0.39 is 0 Å². The van der Waals surface area contributed by atoms with E-state index in [1.807, 2.05) is 42.6 Å². The second kappa shape index (κ2) is 7.60. The fourth-order valence-electron chi connectivity index (χ4n) is 4.00. The first-order valence-electron chi connectivity index (χ1n) is 10.0. The number of nitrogens with zero attached hydrogens (tertiary/aromatic N) is 4. The van der Waals surface area contributed by atoms with Crippen LogP contribution in [-0.4, -0.2) is 37.2 Å². The maximum Gasteiger partial charge on any atom is 0.126 e. The summed E-state index contributed by atoms with van der Waals surface area (Å²) in [6, 6.07) is 12.6. The average Bonchev–Trinajstić information content (AvgIpc) is 3.18. The predicted molar refractivity (Wildman–Crippen MR) is 114 cm³/mol. The third-order valence-corrected chi connectivity index (χ3v) is 5.46. The first kappa shape index (κ1) is 17.8. The predicted octanol–water partition coefficient (Wildman–Crippen LogP) is 3.76. The van der Waals surface area contributed by atoms with E-state index in [2.05, 4.69) is 25.5 Å². The van der Waals surface area contributed by atoms with E-state index >= 15 is 0 Å². The lowest BCUT2D eigenvalue weighted by molar-refractivity contribution is 0.409. The molecule has 1 saturated carbocycles. The molecule has 146 valence electrons. The lowest BCUT2D eigenvalue weighted by Crippen LogP contribution is -2.35. The summed E-state index contributed by atoms with van der Waals surface area (Å²) < 4.78 is 0. The molecule has 4 aromatic heterocycles. The molecule has 0 amide bonds. The molecule has 0 bridgehead atoms. The van der Waals surface area contributed by atoms with Crippen molar-refractivity contribution in [3.05, 3.63) is 55.0 Å². The van der Waals surface area contributed by atoms with E-state index in [1.165, 1.54) is 0 Å². The largest absolute Gasteiger partial charge is 0.367 e. The summed E-state index contributed by atoms with van der Waals surface area (Å²) in [6.07, 6.45) is 9.76. The molecule has 2 atom stereocenters. The highest BCUT2D eigenvalue weighted by molar-refractivity contribution is 5.93. The number of nitrogens with one attached hydrogen (secondary N) is 2. The molecule has 1 aliphatic carbocycles. The molecular formula is C22H23N7. The Morgan fingerprint density at radius 1 is 1.07 bits per heavy atom. The van der Waals surface area contributed by atoms with E-state index in [0.717, 1.165) is 65.0 Å². The fourth-order valence-corrected chi connectivity index (χ4v) is 4.00. The zero-order chi connectivity index (χ0) is 19.6. The molecule has 0 saturated heterocycles. The molecular weight excluding hydrogens is 362 g/mol. The molecule has 0 spiro atoms. The number of fused-ring (bicyclic) bond motifs is 1. The molecule has 4 heterocycles. The summed E-state index contributed by atoms with van der Waals surface area (Å²) in [4.78, 5) is 13.5. The quantitative estimate of drug-likeness (QED) is 0.494. The van der Waals surface area contributed by atoms with Crippen LogP contribution in [0.5, 0.6) is 0 Å². The van der Waals surface area contributed by atoms with E-state index in [9.17, 15) is 0 Å². The van der Waals surface area contributed by atoms with Gasteiger partial charge in [-0.05, 0) is 56.0 Å². The molecule has 0 aliphatic heterocycles. The van der Waals surface area contributed by atoms with Crippen molar-refractivity contribution in [3.8, 4) is 22.6 Å². The molecule has 7 heteroatoms. The Hall–Kier alpha value is -3.32. The number of aromatic amines is 1. The van der Waals surface area contributed by atoms with Gasteiger partial charge in [0.25, 0.3) is 0 Å². The van der Waals surface area contributed by atoms with Crippen LogP contribution in [0.1, 0.15) is 25.7 Å². The number of H-pyrrole nitrogens is 1. The Morgan fingerprint density at radius 2 is 2.03 bits per heavy atom. The Labute approximate surface area is 168 Å². The summed E-state index contributed by atoms with van der Waals surface area (Å²) in [5.74, 6) is 0.860. The van der Waals surface area contributed by atoms with Gasteiger partial charge >= 0.3 is 0 Å². The van der Waals surface area contributed by atoms with Gasteiger partial charge in [-0.2, -0.15) is 5.10 Å². The molecule has 4 aromatic rings. The normalized spacial score (nSPS) is 19.3. The van der Waals surface area contributed by atoms with E-state index in [4.69, 9.17) is 10.7 Å². The van der Waals surface area contributed by atoms with Gasteiger partial charge in [0, 0.05) is 35.4 Å². The Morgan fingerprint density at radius 3 is 2.90 bits per heavy atom. The highest BCUT2D eigenvalue weighted by Crippen LogP contribution is 2.29. The maximum absolute atomic E-state index is 6.13. The smallest absolute Gasteiger partial charge is 0.126 e. The van der Waals surface area contributed by atoms with Crippen LogP contribution in [0.2, 0.25) is 0 Å². The number of hydrogen-bond donors (Lipinski definition) is 3. The zero-order valence-corrected chi connectivity index (χ0v) is 16.0. The molecule has 1 fully saturated rings. The molecule has 0 aromatic carbocycles. The highest BCUT2D eigenvalue weighted by Gasteiger charge is 2.19. The highest BCUT2D eigenvalue weighted by atomic mass is 15.1. The van der Waals surface area contributed by atoms with Crippen molar-refractivity contribution in [2.45, 2.75) is 37.8 Å². The summed E-state index contributed by atoms with van der Waals surface area (Å²) in [7, 11) is 0. The lowest BCUT2D eigenvalue weighted by atomic mass is 9.92. The Kier molecular flexibility index (Phi) is 4.65. The summed E-state index contributed by atoms with van der Waals surface area (Å²) in [5, 5.41) is 12.1. The van der Waals surface area contributed by atoms with Gasteiger partial charge in [-0.3, -0.25) is 15.1 Å². The fraction of sp³-hybridized carbons (Fsp3) is 0.273. The van der Waals surface area contributed by atoms with E-state index in [-0.39, 0.29) is 6.04 Å². The molecule has 1 aliphatic rings. The van der Waals surface area contributed by atoms with Gasteiger partial charge in [-0.15, -0.1) is 0 Å². The third-order valence-electron chi connectivity index (χ3n) is 5.46. The molecule has 5 rings (SSSR count). The van der Waals surface area contributed by atoms with Crippen LogP contribution in [0.25, 0.3) is 33.5 Å². The number of rotatable bonds is 4. The molecule has 4 N–H and O–H groups in total. The third kappa shape index (κ3) is 3.69. The lowest BCUT2D eigenvalue weighted by Gasteiger charge is -2.27. The topological polar surface area (TPSA) is 105 Å². The van der Waals surface area contributed by atoms with Gasteiger partial charge in [0.1, 0.15) is 11.5 Å². The number of hydrogen-bond acceptors (Lipinski definition) is 6. The second-order valence-corrected chi connectivity index (χ2v) is 7.61. The first-order valence-corrected chi connectivity index (χ1v) is 10.0. The number of nitrogens with two attached hydrogens (primary N) is 1. The maximum atomic E-state index is 6.13. The minimum Gasteiger partial charge on any atom is -0.367 e. The van der Waals surface area contributed by atoms with E-state index in [0.29, 0.717) is 6.04 Å². The van der Waals surface area contributed by atoms with Gasteiger partial charge < -0.3 is 11.1 Å². The minimum atomic E-state index is 0.276. The molecule has 0 radical (unpaired) electrons. The number of aromatic nitrogens is 5. The van der Waals surface area contributed by atoms with Crippen molar-refractivity contribution < 1.29 is 0 Å². The molecule has 0 unspecified atom stereocenters. The first-order chi connectivity index (χ1) is 14.3. The van der Waals surface area contributed by atoms with Gasteiger partial charge in [-0.25, -0.2) is 4.98 Å². The van der Waals surface area contributed by atoms with Gasteiger partial charge in [-0.1, -0.05) is 6.07 Å². The van der Waals surface area contributed by atoms with Crippen LogP contribution in [0, 0.1) is 0 Å². The minimum absolute atomic E-state index is 0.276. The van der Waals surface area contributed by atoms with Crippen molar-refractivity contribution in [2.24, 2.45) is 5.73 Å². The van der Waals surface area contributed by atoms with Gasteiger partial charge in [0.15, 0.2) is 0 Å². The SMILES string of the molecule is N[C@@H]1CCC[C@@H](Nc2cccc(-c3n[nH]c4cnc(-c5cccnc5)cc34)n2)C1. The van der Waals surface area contributed by atoms with Gasteiger partial charge in [0.05, 0.1) is 23.1 Å². The van der Waals surface area contributed by atoms with Crippen LogP contribution in [0.15, 0.2) is 55.0 Å². The summed E-state index contributed by atoms with van der Waals surface area (Å²) in [5.41, 5.74) is 10.5. The van der Waals surface area contributed by atoms with E-state index in [1.54, 1.807) is 12.4 Å². The van der Waals surface area contributed by atoms with Crippen molar-refractivity contribution in [1.82, 2.24) is 25.1 Å². The van der Waals surface area contributed by atoms with Crippen LogP contribution in [0.3, 0.4) is 0 Å². The van der Waals surface area contributed by atoms with Gasteiger partial charge in [0.2, 0.25) is 0 Å². The average molecular weight is 385 g/mol. The summed E-state index contributed by atoms with van der Waals surface area (Å²) in [6.45, 7) is 0. The van der Waals surface area contributed by atoms with Crippen LogP contribution < -0.4 is 11.1 Å².